The minimum absolute atomic E-state index is 0.0963. The summed E-state index contributed by atoms with van der Waals surface area (Å²) in [5.41, 5.74) is 8.09. The van der Waals surface area contributed by atoms with E-state index in [2.05, 4.69) is 15.4 Å². The Kier molecular flexibility index (Phi) is 5.66. The Bertz CT molecular complexity index is 579. The first-order valence-electron chi connectivity index (χ1n) is 7.53. The molecular formula is C16H23N5O. The van der Waals surface area contributed by atoms with E-state index < -0.39 is 6.04 Å². The summed E-state index contributed by atoms with van der Waals surface area (Å²) < 4.78 is 1.77. The van der Waals surface area contributed by atoms with Gasteiger partial charge in [0.2, 0.25) is 5.91 Å². The molecule has 2 atom stereocenters. The van der Waals surface area contributed by atoms with Crippen molar-refractivity contribution >= 4 is 5.91 Å². The maximum atomic E-state index is 11.9. The van der Waals surface area contributed by atoms with E-state index in [9.17, 15) is 4.79 Å². The standard InChI is InChI=1S/C16H23N5O/c1-3-12(2)15(17)16(22)19-8-13-4-6-14(7-5-13)9-21-11-18-10-20-21/h4-7,10-12,15H,3,8-9,17H2,1-2H3,(H,19,22). The maximum absolute atomic E-state index is 11.9. The summed E-state index contributed by atoms with van der Waals surface area (Å²) in [6.45, 7) is 5.20. The Labute approximate surface area is 130 Å². The second kappa shape index (κ2) is 7.70. The zero-order valence-corrected chi connectivity index (χ0v) is 13.1. The first-order valence-corrected chi connectivity index (χ1v) is 7.53. The first-order chi connectivity index (χ1) is 10.6. The van der Waals surface area contributed by atoms with Crippen LogP contribution in [-0.2, 0) is 17.9 Å². The highest BCUT2D eigenvalue weighted by molar-refractivity contribution is 5.81. The van der Waals surface area contributed by atoms with E-state index in [0.717, 1.165) is 17.5 Å². The van der Waals surface area contributed by atoms with E-state index >= 15 is 0 Å². The van der Waals surface area contributed by atoms with E-state index in [-0.39, 0.29) is 11.8 Å². The van der Waals surface area contributed by atoms with Crippen molar-refractivity contribution in [2.75, 3.05) is 0 Å². The summed E-state index contributed by atoms with van der Waals surface area (Å²) in [6.07, 6.45) is 4.10. The fourth-order valence-corrected chi connectivity index (χ4v) is 2.08. The fourth-order valence-electron chi connectivity index (χ4n) is 2.08. The molecule has 0 aliphatic heterocycles. The minimum Gasteiger partial charge on any atom is -0.351 e. The zero-order valence-electron chi connectivity index (χ0n) is 13.1. The van der Waals surface area contributed by atoms with Gasteiger partial charge in [-0.3, -0.25) is 4.79 Å². The Hall–Kier alpha value is -2.21. The van der Waals surface area contributed by atoms with Crippen molar-refractivity contribution in [1.82, 2.24) is 20.1 Å². The summed E-state index contributed by atoms with van der Waals surface area (Å²) >= 11 is 0. The van der Waals surface area contributed by atoms with Crippen molar-refractivity contribution in [1.29, 1.82) is 0 Å². The van der Waals surface area contributed by atoms with Crippen LogP contribution in [0.25, 0.3) is 0 Å². The molecule has 0 aliphatic carbocycles. The molecule has 0 fully saturated rings. The highest BCUT2D eigenvalue weighted by atomic mass is 16.2. The van der Waals surface area contributed by atoms with Crippen molar-refractivity contribution in [2.24, 2.45) is 11.7 Å². The van der Waals surface area contributed by atoms with E-state index in [1.807, 2.05) is 38.1 Å². The molecule has 3 N–H and O–H groups in total. The van der Waals surface area contributed by atoms with Gasteiger partial charge in [0.25, 0.3) is 0 Å². The molecule has 22 heavy (non-hydrogen) atoms. The highest BCUT2D eigenvalue weighted by Gasteiger charge is 2.18. The van der Waals surface area contributed by atoms with Crippen molar-refractivity contribution in [2.45, 2.75) is 39.4 Å². The number of aromatic nitrogens is 3. The second-order valence-corrected chi connectivity index (χ2v) is 5.54. The van der Waals surface area contributed by atoms with E-state index in [0.29, 0.717) is 13.1 Å². The van der Waals surface area contributed by atoms with Crippen LogP contribution < -0.4 is 11.1 Å². The topological polar surface area (TPSA) is 85.8 Å². The monoisotopic (exact) mass is 301 g/mol. The second-order valence-electron chi connectivity index (χ2n) is 5.54. The van der Waals surface area contributed by atoms with Crippen LogP contribution in [0, 0.1) is 5.92 Å². The lowest BCUT2D eigenvalue weighted by Gasteiger charge is -2.17. The van der Waals surface area contributed by atoms with Crippen LogP contribution in [0.3, 0.4) is 0 Å². The number of rotatable bonds is 7. The van der Waals surface area contributed by atoms with Gasteiger partial charge in [-0.1, -0.05) is 44.5 Å². The molecule has 6 nitrogen and oxygen atoms in total. The van der Waals surface area contributed by atoms with E-state index in [1.54, 1.807) is 11.0 Å². The highest BCUT2D eigenvalue weighted by Crippen LogP contribution is 2.08. The molecule has 1 aromatic heterocycles. The Morgan fingerprint density at radius 3 is 2.59 bits per heavy atom. The van der Waals surface area contributed by atoms with Gasteiger partial charge >= 0.3 is 0 Å². The number of carbonyl (C=O) groups is 1. The molecule has 1 amide bonds. The summed E-state index contributed by atoms with van der Waals surface area (Å²) in [5, 5.41) is 6.96. The van der Waals surface area contributed by atoms with Crippen LogP contribution in [0.2, 0.25) is 0 Å². The molecular weight excluding hydrogens is 278 g/mol. The van der Waals surface area contributed by atoms with Gasteiger partial charge in [0.05, 0.1) is 12.6 Å². The molecule has 0 spiro atoms. The van der Waals surface area contributed by atoms with Crippen LogP contribution in [0.4, 0.5) is 0 Å². The number of carbonyl (C=O) groups excluding carboxylic acids is 1. The lowest BCUT2D eigenvalue weighted by Crippen LogP contribution is -2.44. The van der Waals surface area contributed by atoms with Crippen molar-refractivity contribution < 1.29 is 4.79 Å². The number of hydrogen-bond acceptors (Lipinski definition) is 4. The SMILES string of the molecule is CCC(C)C(N)C(=O)NCc1ccc(Cn2cncn2)cc1. The molecule has 0 saturated heterocycles. The van der Waals surface area contributed by atoms with Gasteiger partial charge in [-0.25, -0.2) is 9.67 Å². The molecule has 118 valence electrons. The van der Waals surface area contributed by atoms with Crippen LogP contribution in [0.5, 0.6) is 0 Å². The molecule has 0 saturated carbocycles. The van der Waals surface area contributed by atoms with E-state index in [1.165, 1.54) is 6.33 Å². The number of nitrogens with one attached hydrogen (secondary N) is 1. The zero-order chi connectivity index (χ0) is 15.9. The van der Waals surface area contributed by atoms with E-state index in [4.69, 9.17) is 5.73 Å². The molecule has 0 radical (unpaired) electrons. The molecule has 2 aromatic rings. The summed E-state index contributed by atoms with van der Waals surface area (Å²) in [7, 11) is 0. The van der Waals surface area contributed by atoms with Gasteiger partial charge in [0.15, 0.2) is 0 Å². The number of amides is 1. The summed E-state index contributed by atoms with van der Waals surface area (Å²) in [5.74, 6) is 0.0890. The molecule has 1 aromatic carbocycles. The fraction of sp³-hybridized carbons (Fsp3) is 0.438. The minimum atomic E-state index is -0.448. The molecule has 6 heteroatoms. The molecule has 2 unspecified atom stereocenters. The number of benzene rings is 1. The van der Waals surface area contributed by atoms with Gasteiger partial charge in [0.1, 0.15) is 12.7 Å². The number of nitrogens with zero attached hydrogens (tertiary/aromatic N) is 3. The third-order valence-corrected chi connectivity index (χ3v) is 3.86. The molecule has 0 bridgehead atoms. The van der Waals surface area contributed by atoms with Crippen LogP contribution >= 0.6 is 0 Å². The van der Waals surface area contributed by atoms with Crippen molar-refractivity contribution in [3.63, 3.8) is 0 Å². The largest absolute Gasteiger partial charge is 0.351 e. The lowest BCUT2D eigenvalue weighted by atomic mass is 9.99. The third kappa shape index (κ3) is 4.39. The number of nitrogens with two attached hydrogens (primary N) is 1. The first kappa shape index (κ1) is 16.2. The van der Waals surface area contributed by atoms with Crippen LogP contribution in [-0.4, -0.2) is 26.7 Å². The lowest BCUT2D eigenvalue weighted by molar-refractivity contribution is -0.123. The number of hydrogen-bond donors (Lipinski definition) is 2. The predicted molar refractivity (Wildman–Crippen MR) is 84.8 cm³/mol. The maximum Gasteiger partial charge on any atom is 0.237 e. The Morgan fingerprint density at radius 2 is 2.00 bits per heavy atom. The average Bonchev–Trinajstić information content (AvgIpc) is 3.05. The summed E-state index contributed by atoms with van der Waals surface area (Å²) in [4.78, 5) is 15.9. The smallest absolute Gasteiger partial charge is 0.237 e. The third-order valence-electron chi connectivity index (χ3n) is 3.86. The average molecular weight is 301 g/mol. The van der Waals surface area contributed by atoms with Crippen LogP contribution in [0.15, 0.2) is 36.9 Å². The Morgan fingerprint density at radius 1 is 1.32 bits per heavy atom. The van der Waals surface area contributed by atoms with Crippen molar-refractivity contribution in [3.8, 4) is 0 Å². The van der Waals surface area contributed by atoms with Crippen molar-refractivity contribution in [3.05, 3.63) is 48.0 Å². The van der Waals surface area contributed by atoms with Gasteiger partial charge in [0, 0.05) is 6.54 Å². The normalized spacial score (nSPS) is 13.6. The van der Waals surface area contributed by atoms with Gasteiger partial charge in [-0.2, -0.15) is 5.10 Å². The summed E-state index contributed by atoms with van der Waals surface area (Å²) in [6, 6.07) is 7.61. The predicted octanol–water partition coefficient (Wildman–Crippen LogP) is 1.32. The molecule has 0 aliphatic rings. The Balaban J connectivity index is 1.85. The molecule has 2 rings (SSSR count). The van der Waals surface area contributed by atoms with Gasteiger partial charge < -0.3 is 11.1 Å². The van der Waals surface area contributed by atoms with Crippen LogP contribution in [0.1, 0.15) is 31.4 Å². The van der Waals surface area contributed by atoms with Gasteiger partial charge in [-0.15, -0.1) is 0 Å². The molecule has 1 heterocycles. The quantitative estimate of drug-likeness (QED) is 0.807. The van der Waals surface area contributed by atoms with Gasteiger partial charge in [-0.05, 0) is 17.0 Å².